The largest absolute Gasteiger partial charge is 0.481 e. The molecule has 0 heterocycles. The minimum atomic E-state index is -0.848. The number of carbonyl (C=O) groups is 2. The van der Waals surface area contributed by atoms with Crippen molar-refractivity contribution in [3.05, 3.63) is 0 Å². The fourth-order valence-corrected chi connectivity index (χ4v) is 2.61. The predicted molar refractivity (Wildman–Crippen MR) is 65.8 cm³/mol. The molecule has 0 amide bonds. The Hall–Kier alpha value is -1.06. The van der Waals surface area contributed by atoms with Gasteiger partial charge in [-0.3, -0.25) is 9.59 Å². The Balaban J connectivity index is 4.82. The van der Waals surface area contributed by atoms with Crippen LogP contribution >= 0.6 is 0 Å². The molecule has 0 aromatic heterocycles. The van der Waals surface area contributed by atoms with E-state index >= 15 is 0 Å². The highest BCUT2D eigenvalue weighted by atomic mass is 16.4. The standard InChI is InChI=1S/C13H24O4/c1-11(2,7-12(3,4)9(14)15)8-13(5,6)10(16)17/h7-8H2,1-6H3,(H,14,15)(H,16,17). The smallest absolute Gasteiger partial charge is 0.309 e. The molecule has 0 spiro atoms. The maximum absolute atomic E-state index is 11.1. The fourth-order valence-electron chi connectivity index (χ4n) is 2.61. The quantitative estimate of drug-likeness (QED) is 0.753. The second kappa shape index (κ2) is 4.67. The van der Waals surface area contributed by atoms with E-state index in [0.717, 1.165) is 0 Å². The topological polar surface area (TPSA) is 74.6 Å². The van der Waals surface area contributed by atoms with Crippen molar-refractivity contribution in [2.24, 2.45) is 16.2 Å². The van der Waals surface area contributed by atoms with Crippen LogP contribution in [0.1, 0.15) is 54.4 Å². The molecule has 0 saturated heterocycles. The van der Waals surface area contributed by atoms with E-state index in [9.17, 15) is 9.59 Å². The normalized spacial score (nSPS) is 13.5. The van der Waals surface area contributed by atoms with Gasteiger partial charge in [0.2, 0.25) is 0 Å². The number of hydrogen-bond acceptors (Lipinski definition) is 2. The Labute approximate surface area is 103 Å². The Morgan fingerprint density at radius 1 is 0.765 bits per heavy atom. The highest BCUT2D eigenvalue weighted by molar-refractivity contribution is 5.74. The molecule has 2 N–H and O–H groups in total. The lowest BCUT2D eigenvalue weighted by atomic mass is 9.67. The monoisotopic (exact) mass is 244 g/mol. The van der Waals surface area contributed by atoms with Crippen molar-refractivity contribution in [2.45, 2.75) is 54.4 Å². The Kier molecular flexibility index (Phi) is 4.38. The highest BCUT2D eigenvalue weighted by Crippen LogP contribution is 2.42. The summed E-state index contributed by atoms with van der Waals surface area (Å²) < 4.78 is 0. The molecule has 0 unspecified atom stereocenters. The van der Waals surface area contributed by atoms with Crippen molar-refractivity contribution in [2.75, 3.05) is 0 Å². The summed E-state index contributed by atoms with van der Waals surface area (Å²) in [7, 11) is 0. The molecule has 0 fully saturated rings. The molecular formula is C13H24O4. The Bertz CT molecular complexity index is 283. The van der Waals surface area contributed by atoms with Crippen LogP contribution in [0, 0.1) is 16.2 Å². The number of rotatable bonds is 6. The first-order valence-corrected chi connectivity index (χ1v) is 5.77. The van der Waals surface area contributed by atoms with Crippen molar-refractivity contribution in [3.63, 3.8) is 0 Å². The number of carboxylic acid groups (broad SMARTS) is 2. The SMILES string of the molecule is CC(C)(CC(C)(C)C(=O)O)CC(C)(C)C(=O)O. The third kappa shape index (κ3) is 4.75. The van der Waals surface area contributed by atoms with E-state index in [2.05, 4.69) is 0 Å². The van der Waals surface area contributed by atoms with Crippen LogP contribution in [0.5, 0.6) is 0 Å². The molecule has 0 saturated carbocycles. The van der Waals surface area contributed by atoms with E-state index in [4.69, 9.17) is 10.2 Å². The van der Waals surface area contributed by atoms with Gasteiger partial charge in [0.05, 0.1) is 10.8 Å². The summed E-state index contributed by atoms with van der Waals surface area (Å²) in [5.41, 5.74) is -2.00. The molecule has 0 radical (unpaired) electrons. The number of hydrogen-bond donors (Lipinski definition) is 2. The highest BCUT2D eigenvalue weighted by Gasteiger charge is 2.40. The number of aliphatic carboxylic acids is 2. The average Bonchev–Trinajstić information content (AvgIpc) is 1.98. The molecule has 0 aliphatic rings. The zero-order chi connectivity index (χ0) is 14.1. The van der Waals surface area contributed by atoms with Gasteiger partial charge in [0.25, 0.3) is 0 Å². The minimum Gasteiger partial charge on any atom is -0.481 e. The maximum Gasteiger partial charge on any atom is 0.309 e. The lowest BCUT2D eigenvalue weighted by molar-refractivity contribution is -0.151. The van der Waals surface area contributed by atoms with E-state index in [-0.39, 0.29) is 5.41 Å². The molecule has 0 aliphatic carbocycles. The van der Waals surface area contributed by atoms with Crippen LogP contribution in [-0.4, -0.2) is 22.2 Å². The van der Waals surface area contributed by atoms with Crippen LogP contribution < -0.4 is 0 Å². The first-order valence-electron chi connectivity index (χ1n) is 5.77. The summed E-state index contributed by atoms with van der Waals surface area (Å²) in [6.07, 6.45) is 0.901. The lowest BCUT2D eigenvalue weighted by Gasteiger charge is -2.36. The third-order valence-electron chi connectivity index (χ3n) is 3.00. The van der Waals surface area contributed by atoms with Gasteiger partial charge in [0.15, 0.2) is 0 Å². The fraction of sp³-hybridized carbons (Fsp3) is 0.846. The second-order valence-corrected chi connectivity index (χ2v) is 6.90. The van der Waals surface area contributed by atoms with Gasteiger partial charge in [-0.05, 0) is 46.0 Å². The maximum atomic E-state index is 11.1. The second-order valence-electron chi connectivity index (χ2n) is 6.90. The summed E-state index contributed by atoms with van der Waals surface area (Å²) >= 11 is 0. The van der Waals surface area contributed by atoms with E-state index < -0.39 is 22.8 Å². The van der Waals surface area contributed by atoms with Crippen molar-refractivity contribution in [1.82, 2.24) is 0 Å². The molecule has 0 aromatic carbocycles. The summed E-state index contributed by atoms with van der Waals surface area (Å²) in [5.74, 6) is -1.70. The van der Waals surface area contributed by atoms with Gasteiger partial charge in [-0.15, -0.1) is 0 Å². The third-order valence-corrected chi connectivity index (χ3v) is 3.00. The molecular weight excluding hydrogens is 220 g/mol. The summed E-state index contributed by atoms with van der Waals surface area (Å²) in [4.78, 5) is 22.2. The molecule has 17 heavy (non-hydrogen) atoms. The van der Waals surface area contributed by atoms with Crippen LogP contribution in [0.2, 0.25) is 0 Å². The Morgan fingerprint density at radius 3 is 1.18 bits per heavy atom. The molecule has 0 aromatic rings. The van der Waals surface area contributed by atoms with Crippen LogP contribution in [0.3, 0.4) is 0 Å². The molecule has 0 atom stereocenters. The van der Waals surface area contributed by atoms with Gasteiger partial charge in [-0.1, -0.05) is 13.8 Å². The first-order chi connectivity index (χ1) is 7.30. The van der Waals surface area contributed by atoms with Crippen molar-refractivity contribution >= 4 is 11.9 Å². The zero-order valence-electron chi connectivity index (χ0n) is 11.6. The molecule has 4 heteroatoms. The summed E-state index contributed by atoms with van der Waals surface area (Å²) in [6.45, 7) is 10.5. The first kappa shape index (κ1) is 15.9. The predicted octanol–water partition coefficient (Wildman–Crippen LogP) is 3.01. The van der Waals surface area contributed by atoms with E-state index in [0.29, 0.717) is 12.8 Å². The van der Waals surface area contributed by atoms with E-state index in [1.165, 1.54) is 0 Å². The molecule has 0 aliphatic heterocycles. The van der Waals surface area contributed by atoms with Gasteiger partial charge in [0, 0.05) is 0 Å². The lowest BCUT2D eigenvalue weighted by Crippen LogP contribution is -2.35. The van der Waals surface area contributed by atoms with Crippen molar-refractivity contribution in [3.8, 4) is 0 Å². The van der Waals surface area contributed by atoms with Crippen LogP contribution in [-0.2, 0) is 9.59 Å². The van der Waals surface area contributed by atoms with Crippen LogP contribution in [0.4, 0.5) is 0 Å². The molecule has 0 bridgehead atoms. The van der Waals surface area contributed by atoms with Gasteiger partial charge < -0.3 is 10.2 Å². The van der Waals surface area contributed by atoms with Gasteiger partial charge in [-0.2, -0.15) is 0 Å². The van der Waals surface area contributed by atoms with Crippen molar-refractivity contribution in [1.29, 1.82) is 0 Å². The van der Waals surface area contributed by atoms with Crippen LogP contribution in [0.15, 0.2) is 0 Å². The zero-order valence-corrected chi connectivity index (χ0v) is 11.6. The van der Waals surface area contributed by atoms with Gasteiger partial charge in [0.1, 0.15) is 0 Å². The molecule has 100 valence electrons. The van der Waals surface area contributed by atoms with Crippen molar-refractivity contribution < 1.29 is 19.8 Å². The van der Waals surface area contributed by atoms with E-state index in [1.54, 1.807) is 27.7 Å². The van der Waals surface area contributed by atoms with Gasteiger partial charge in [-0.25, -0.2) is 0 Å². The van der Waals surface area contributed by atoms with Gasteiger partial charge >= 0.3 is 11.9 Å². The number of carboxylic acids is 2. The summed E-state index contributed by atoms with van der Waals surface area (Å²) in [6, 6.07) is 0. The molecule has 4 nitrogen and oxygen atoms in total. The van der Waals surface area contributed by atoms with Crippen LogP contribution in [0.25, 0.3) is 0 Å². The Morgan fingerprint density at radius 2 is 1.00 bits per heavy atom. The summed E-state index contributed by atoms with van der Waals surface area (Å²) in [5, 5.41) is 18.2. The minimum absolute atomic E-state index is 0.330. The molecule has 0 rings (SSSR count). The average molecular weight is 244 g/mol. The van der Waals surface area contributed by atoms with E-state index in [1.807, 2.05) is 13.8 Å².